The summed E-state index contributed by atoms with van der Waals surface area (Å²) in [5.41, 5.74) is 0. The zero-order valence-corrected chi connectivity index (χ0v) is 8.09. The second-order valence-corrected chi connectivity index (χ2v) is 1.39. The molecule has 0 amide bonds. The van der Waals surface area contributed by atoms with E-state index >= 15 is 0 Å². The maximum Gasteiger partial charge on any atom is 2.00 e. The third-order valence-electron chi connectivity index (χ3n) is 0. The van der Waals surface area contributed by atoms with Crippen molar-refractivity contribution in [3.8, 4) is 0 Å². The van der Waals surface area contributed by atoms with E-state index in [0.29, 0.717) is 5.92 Å². The summed E-state index contributed by atoms with van der Waals surface area (Å²) < 4.78 is 0. The Hall–Kier alpha value is 0.913. The molecule has 0 rings (SSSR count). The Balaban J connectivity index is -0.0000000450. The summed E-state index contributed by atoms with van der Waals surface area (Å²) in [6, 6.07) is 0. The molecule has 0 unspecified atom stereocenters. The van der Waals surface area contributed by atoms with Crippen LogP contribution < -0.4 is 12.4 Å². The van der Waals surface area contributed by atoms with Crippen LogP contribution in [-0.2, 0) is 19.5 Å². The molecular formula is C4H9ClZn. The predicted molar refractivity (Wildman–Crippen MR) is 20.2 cm³/mol. The van der Waals surface area contributed by atoms with Crippen molar-refractivity contribution in [2.45, 2.75) is 13.8 Å². The molecule has 0 saturated carbocycles. The minimum atomic E-state index is 0. The van der Waals surface area contributed by atoms with E-state index in [2.05, 4.69) is 20.8 Å². The van der Waals surface area contributed by atoms with Gasteiger partial charge < -0.3 is 19.3 Å². The average molecular weight is 158 g/mol. The Bertz CT molecular complexity index is 12.3. The van der Waals surface area contributed by atoms with Gasteiger partial charge in [0.25, 0.3) is 0 Å². The molecule has 0 aliphatic carbocycles. The fourth-order valence-corrected chi connectivity index (χ4v) is 0. The van der Waals surface area contributed by atoms with Gasteiger partial charge >= 0.3 is 19.5 Å². The van der Waals surface area contributed by atoms with Crippen LogP contribution in [0.2, 0.25) is 0 Å². The third kappa shape index (κ3) is 90.2. The van der Waals surface area contributed by atoms with Gasteiger partial charge in [-0.3, -0.25) is 0 Å². The van der Waals surface area contributed by atoms with Crippen LogP contribution >= 0.6 is 0 Å². The summed E-state index contributed by atoms with van der Waals surface area (Å²) in [4.78, 5) is 0. The maximum absolute atomic E-state index is 3.64. The summed E-state index contributed by atoms with van der Waals surface area (Å²) >= 11 is 0. The molecular weight excluding hydrogens is 149 g/mol. The molecule has 0 nitrogen and oxygen atoms in total. The Morgan fingerprint density at radius 3 is 1.33 bits per heavy atom. The second-order valence-electron chi connectivity index (χ2n) is 1.39. The fourth-order valence-electron chi connectivity index (χ4n) is 0. The zero-order valence-electron chi connectivity index (χ0n) is 4.37. The van der Waals surface area contributed by atoms with E-state index in [-0.39, 0.29) is 31.9 Å². The van der Waals surface area contributed by atoms with Crippen molar-refractivity contribution in [3.05, 3.63) is 6.92 Å². The normalized spacial score (nSPS) is 6.00. The molecule has 0 N–H and O–H groups in total. The monoisotopic (exact) mass is 156 g/mol. The maximum atomic E-state index is 3.64. The molecule has 0 saturated heterocycles. The summed E-state index contributed by atoms with van der Waals surface area (Å²) in [5, 5.41) is 0. The van der Waals surface area contributed by atoms with Crippen LogP contribution in [0.25, 0.3) is 0 Å². The van der Waals surface area contributed by atoms with Gasteiger partial charge in [-0.05, 0) is 0 Å². The van der Waals surface area contributed by atoms with Gasteiger partial charge in [0.15, 0.2) is 0 Å². The number of hydrogen-bond donors (Lipinski definition) is 0. The summed E-state index contributed by atoms with van der Waals surface area (Å²) in [5.74, 6) is 0.583. The van der Waals surface area contributed by atoms with Crippen molar-refractivity contribution in [1.29, 1.82) is 0 Å². The van der Waals surface area contributed by atoms with E-state index in [4.69, 9.17) is 0 Å². The second kappa shape index (κ2) is 9.32. The first-order chi connectivity index (χ1) is 1.73. The largest absolute Gasteiger partial charge is 2.00 e. The van der Waals surface area contributed by atoms with Crippen LogP contribution in [0.1, 0.15) is 13.8 Å². The zero-order chi connectivity index (χ0) is 3.58. The number of hydrogen-bond acceptors (Lipinski definition) is 0. The van der Waals surface area contributed by atoms with E-state index in [0.717, 1.165) is 0 Å². The van der Waals surface area contributed by atoms with E-state index in [1.54, 1.807) is 0 Å². The first-order valence-electron chi connectivity index (χ1n) is 1.56. The van der Waals surface area contributed by atoms with Crippen LogP contribution in [0, 0.1) is 12.8 Å². The van der Waals surface area contributed by atoms with Crippen LogP contribution in [0.5, 0.6) is 0 Å². The van der Waals surface area contributed by atoms with Gasteiger partial charge in [0.05, 0.1) is 0 Å². The fraction of sp³-hybridized carbons (Fsp3) is 0.750. The number of rotatable bonds is 0. The number of halogens is 1. The molecule has 0 aromatic heterocycles. The van der Waals surface area contributed by atoms with Crippen LogP contribution in [0.3, 0.4) is 0 Å². The molecule has 0 aromatic rings. The van der Waals surface area contributed by atoms with Gasteiger partial charge in [0.2, 0.25) is 0 Å². The molecule has 0 aliphatic heterocycles. The minimum absolute atomic E-state index is 0. The first kappa shape index (κ1) is 15.8. The molecule has 0 heterocycles. The smallest absolute Gasteiger partial charge is 1.00 e. The summed E-state index contributed by atoms with van der Waals surface area (Å²) in [7, 11) is 0. The SMILES string of the molecule is [CH2-]C(C)C.[Cl-].[Zn+2]. The Kier molecular flexibility index (Phi) is 24.5. The van der Waals surface area contributed by atoms with Gasteiger partial charge in [-0.1, -0.05) is 13.8 Å². The Morgan fingerprint density at radius 1 is 1.33 bits per heavy atom. The topological polar surface area (TPSA) is 0 Å². The molecule has 0 spiro atoms. The molecule has 2 heteroatoms. The van der Waals surface area contributed by atoms with Crippen molar-refractivity contribution in [3.63, 3.8) is 0 Å². The molecule has 6 heavy (non-hydrogen) atoms. The van der Waals surface area contributed by atoms with E-state index in [1.165, 1.54) is 0 Å². The summed E-state index contributed by atoms with van der Waals surface area (Å²) in [6.07, 6.45) is 0. The van der Waals surface area contributed by atoms with Crippen LogP contribution in [0.4, 0.5) is 0 Å². The Morgan fingerprint density at radius 2 is 1.33 bits per heavy atom. The summed E-state index contributed by atoms with van der Waals surface area (Å²) in [6.45, 7) is 7.75. The van der Waals surface area contributed by atoms with Gasteiger partial charge in [-0.15, -0.1) is 0 Å². The minimum Gasteiger partial charge on any atom is -1.00 e. The van der Waals surface area contributed by atoms with E-state index in [9.17, 15) is 0 Å². The van der Waals surface area contributed by atoms with Crippen molar-refractivity contribution in [2.75, 3.05) is 0 Å². The van der Waals surface area contributed by atoms with E-state index in [1.807, 2.05) is 0 Å². The molecule has 0 radical (unpaired) electrons. The van der Waals surface area contributed by atoms with Crippen molar-refractivity contribution in [1.82, 2.24) is 0 Å². The van der Waals surface area contributed by atoms with Crippen molar-refractivity contribution < 1.29 is 31.9 Å². The molecule has 0 bridgehead atoms. The molecule has 34 valence electrons. The third-order valence-corrected chi connectivity index (χ3v) is 0. The molecule has 0 aliphatic rings. The quantitative estimate of drug-likeness (QED) is 0.296. The van der Waals surface area contributed by atoms with Crippen LogP contribution in [0.15, 0.2) is 0 Å². The van der Waals surface area contributed by atoms with Gasteiger partial charge in [0, 0.05) is 0 Å². The van der Waals surface area contributed by atoms with E-state index < -0.39 is 0 Å². The molecule has 0 fully saturated rings. The van der Waals surface area contributed by atoms with Crippen molar-refractivity contribution in [2.24, 2.45) is 5.92 Å². The average Bonchev–Trinajstić information content (AvgIpc) is 0.811. The first-order valence-corrected chi connectivity index (χ1v) is 1.56. The standard InChI is InChI=1S/C4H9.ClH.Zn/c1-4(2)3;;/h4H,1H2,2-3H3;1H;/q-1;;+2/p-1. The van der Waals surface area contributed by atoms with Gasteiger partial charge in [-0.25, -0.2) is 0 Å². The van der Waals surface area contributed by atoms with Gasteiger partial charge in [0.1, 0.15) is 0 Å². The van der Waals surface area contributed by atoms with Gasteiger partial charge in [-0.2, -0.15) is 5.92 Å². The van der Waals surface area contributed by atoms with Crippen molar-refractivity contribution >= 4 is 0 Å². The Labute approximate surface area is 58.9 Å². The molecule has 0 aromatic carbocycles. The molecule has 0 atom stereocenters. The predicted octanol–water partition coefficient (Wildman–Crippen LogP) is -1.52. The van der Waals surface area contributed by atoms with Crippen LogP contribution in [-0.4, -0.2) is 0 Å².